The highest BCUT2D eigenvalue weighted by Gasteiger charge is 2.13. The molecule has 0 heterocycles. The van der Waals surface area contributed by atoms with Crippen molar-refractivity contribution in [3.63, 3.8) is 0 Å². The molecule has 1 rings (SSSR count). The largest absolute Gasteiger partial charge is 0.395 e. The molecule has 0 aliphatic rings. The molecule has 1 amide bonds. The van der Waals surface area contributed by atoms with Crippen molar-refractivity contribution in [3.05, 3.63) is 28.2 Å². The predicted octanol–water partition coefficient (Wildman–Crippen LogP) is 3.03. The van der Waals surface area contributed by atoms with E-state index in [1.165, 1.54) is 0 Å². The molecule has 0 spiro atoms. The van der Waals surface area contributed by atoms with Crippen molar-refractivity contribution in [3.8, 4) is 0 Å². The Labute approximate surface area is 129 Å². The molecular formula is C14H20Cl2N2O2. The molecule has 0 bridgehead atoms. The first-order valence-electron chi connectivity index (χ1n) is 6.65. The molecule has 0 fully saturated rings. The van der Waals surface area contributed by atoms with Crippen molar-refractivity contribution >= 4 is 34.8 Å². The maximum absolute atomic E-state index is 12.0. The summed E-state index contributed by atoms with van der Waals surface area (Å²) >= 11 is 12.0. The number of aliphatic hydroxyl groups excluding tert-OH is 1. The Morgan fingerprint density at radius 2 is 1.95 bits per heavy atom. The Bertz CT molecular complexity index is 421. The minimum Gasteiger partial charge on any atom is -0.395 e. The lowest BCUT2D eigenvalue weighted by Gasteiger charge is -2.20. The number of para-hydroxylation sites is 1. The van der Waals surface area contributed by atoms with Gasteiger partial charge in [-0.2, -0.15) is 0 Å². The van der Waals surface area contributed by atoms with Gasteiger partial charge in [0.15, 0.2) is 0 Å². The number of halogens is 2. The van der Waals surface area contributed by atoms with Crippen LogP contribution >= 0.6 is 23.2 Å². The van der Waals surface area contributed by atoms with E-state index < -0.39 is 0 Å². The number of amides is 1. The summed E-state index contributed by atoms with van der Waals surface area (Å²) in [4.78, 5) is 13.9. The van der Waals surface area contributed by atoms with Gasteiger partial charge < -0.3 is 10.4 Å². The molecule has 0 radical (unpaired) electrons. The summed E-state index contributed by atoms with van der Waals surface area (Å²) in [6.45, 7) is 3.58. The fourth-order valence-electron chi connectivity index (χ4n) is 1.79. The van der Waals surface area contributed by atoms with Gasteiger partial charge in [0, 0.05) is 6.54 Å². The van der Waals surface area contributed by atoms with Crippen molar-refractivity contribution in [2.45, 2.75) is 19.8 Å². The molecule has 112 valence electrons. The van der Waals surface area contributed by atoms with Crippen LogP contribution in [0.3, 0.4) is 0 Å². The maximum atomic E-state index is 12.0. The molecular weight excluding hydrogens is 299 g/mol. The molecule has 1 aromatic rings. The van der Waals surface area contributed by atoms with E-state index in [1.807, 2.05) is 4.90 Å². The van der Waals surface area contributed by atoms with Crippen molar-refractivity contribution in [1.29, 1.82) is 0 Å². The summed E-state index contributed by atoms with van der Waals surface area (Å²) < 4.78 is 0. The minimum atomic E-state index is -0.190. The molecule has 0 saturated heterocycles. The molecule has 20 heavy (non-hydrogen) atoms. The standard InChI is InChI=1S/C14H20Cl2N2O2/c1-2-3-7-18(8-9-19)10-13(20)17-14-11(15)5-4-6-12(14)16/h4-6,19H,2-3,7-10H2,1H3,(H,17,20). The van der Waals surface area contributed by atoms with Gasteiger partial charge in [-0.1, -0.05) is 42.6 Å². The Kier molecular flexibility index (Phi) is 7.92. The van der Waals surface area contributed by atoms with E-state index >= 15 is 0 Å². The third-order valence-electron chi connectivity index (χ3n) is 2.84. The molecule has 2 N–H and O–H groups in total. The normalized spacial score (nSPS) is 10.8. The van der Waals surface area contributed by atoms with Gasteiger partial charge in [0.1, 0.15) is 0 Å². The van der Waals surface area contributed by atoms with Gasteiger partial charge in [-0.3, -0.25) is 9.69 Å². The number of hydrogen-bond donors (Lipinski definition) is 2. The van der Waals surface area contributed by atoms with Gasteiger partial charge in [0.25, 0.3) is 0 Å². The molecule has 4 nitrogen and oxygen atoms in total. The van der Waals surface area contributed by atoms with E-state index in [4.69, 9.17) is 28.3 Å². The number of unbranched alkanes of at least 4 members (excludes halogenated alkanes) is 1. The summed E-state index contributed by atoms with van der Waals surface area (Å²) in [7, 11) is 0. The van der Waals surface area contributed by atoms with E-state index in [0.717, 1.165) is 19.4 Å². The molecule has 0 aliphatic carbocycles. The monoisotopic (exact) mass is 318 g/mol. The molecule has 0 unspecified atom stereocenters. The third kappa shape index (κ3) is 5.67. The first kappa shape index (κ1) is 17.2. The summed E-state index contributed by atoms with van der Waals surface area (Å²) in [5, 5.41) is 12.5. The molecule has 0 atom stereocenters. The van der Waals surface area contributed by atoms with Crippen LogP contribution in [0.15, 0.2) is 18.2 Å². The number of carbonyl (C=O) groups is 1. The van der Waals surface area contributed by atoms with Gasteiger partial charge in [-0.05, 0) is 25.1 Å². The van der Waals surface area contributed by atoms with Gasteiger partial charge in [-0.15, -0.1) is 0 Å². The van der Waals surface area contributed by atoms with Crippen LogP contribution < -0.4 is 5.32 Å². The first-order valence-corrected chi connectivity index (χ1v) is 7.41. The van der Waals surface area contributed by atoms with Gasteiger partial charge in [-0.25, -0.2) is 0 Å². The molecule has 0 saturated carbocycles. The number of hydrogen-bond acceptors (Lipinski definition) is 3. The van der Waals surface area contributed by atoms with Crippen molar-refractivity contribution in [2.24, 2.45) is 0 Å². The van der Waals surface area contributed by atoms with Crippen LogP contribution in [0.5, 0.6) is 0 Å². The Hall–Kier alpha value is -0.810. The SMILES string of the molecule is CCCCN(CCO)CC(=O)Nc1c(Cl)cccc1Cl. The predicted molar refractivity (Wildman–Crippen MR) is 83.5 cm³/mol. The molecule has 1 aromatic carbocycles. The average molecular weight is 319 g/mol. The lowest BCUT2D eigenvalue weighted by atomic mass is 10.3. The van der Waals surface area contributed by atoms with E-state index in [-0.39, 0.29) is 19.1 Å². The van der Waals surface area contributed by atoms with E-state index in [1.54, 1.807) is 18.2 Å². The highest BCUT2D eigenvalue weighted by Crippen LogP contribution is 2.29. The maximum Gasteiger partial charge on any atom is 0.238 e. The van der Waals surface area contributed by atoms with E-state index in [2.05, 4.69) is 12.2 Å². The lowest BCUT2D eigenvalue weighted by molar-refractivity contribution is -0.117. The second-order valence-corrected chi connectivity index (χ2v) is 5.31. The van der Waals surface area contributed by atoms with Crippen molar-refractivity contribution in [2.75, 3.05) is 31.6 Å². The second-order valence-electron chi connectivity index (χ2n) is 4.50. The Morgan fingerprint density at radius 3 is 2.50 bits per heavy atom. The van der Waals surface area contributed by atoms with Crippen LogP contribution in [0.4, 0.5) is 5.69 Å². The van der Waals surface area contributed by atoms with Gasteiger partial charge in [0.05, 0.1) is 28.9 Å². The number of nitrogens with zero attached hydrogens (tertiary/aromatic N) is 1. The van der Waals surface area contributed by atoms with Crippen LogP contribution in [-0.4, -0.2) is 42.2 Å². The number of nitrogens with one attached hydrogen (secondary N) is 1. The number of benzene rings is 1. The molecule has 0 aliphatic heterocycles. The van der Waals surface area contributed by atoms with Gasteiger partial charge >= 0.3 is 0 Å². The Balaban J connectivity index is 2.61. The summed E-state index contributed by atoms with van der Waals surface area (Å²) in [5.74, 6) is -0.190. The van der Waals surface area contributed by atoms with Crippen LogP contribution in [-0.2, 0) is 4.79 Å². The zero-order valence-electron chi connectivity index (χ0n) is 11.5. The van der Waals surface area contributed by atoms with Crippen LogP contribution in [0.2, 0.25) is 10.0 Å². The van der Waals surface area contributed by atoms with Crippen molar-refractivity contribution in [1.82, 2.24) is 4.90 Å². The second kappa shape index (κ2) is 9.19. The van der Waals surface area contributed by atoms with Crippen LogP contribution in [0.1, 0.15) is 19.8 Å². The number of aliphatic hydroxyl groups is 1. The number of rotatable bonds is 8. The van der Waals surface area contributed by atoms with Crippen LogP contribution in [0.25, 0.3) is 0 Å². The zero-order valence-corrected chi connectivity index (χ0v) is 13.0. The fraction of sp³-hybridized carbons (Fsp3) is 0.500. The first-order chi connectivity index (χ1) is 9.58. The summed E-state index contributed by atoms with van der Waals surface area (Å²) in [5.41, 5.74) is 0.431. The highest BCUT2D eigenvalue weighted by molar-refractivity contribution is 6.39. The molecule has 6 heteroatoms. The smallest absolute Gasteiger partial charge is 0.238 e. The summed E-state index contributed by atoms with van der Waals surface area (Å²) in [6.07, 6.45) is 2.03. The number of carbonyl (C=O) groups excluding carboxylic acids is 1. The lowest BCUT2D eigenvalue weighted by Crippen LogP contribution is -2.36. The third-order valence-corrected chi connectivity index (χ3v) is 3.47. The minimum absolute atomic E-state index is 0.0316. The fourth-order valence-corrected chi connectivity index (χ4v) is 2.28. The summed E-state index contributed by atoms with van der Waals surface area (Å²) in [6, 6.07) is 5.07. The quantitative estimate of drug-likeness (QED) is 0.774. The highest BCUT2D eigenvalue weighted by atomic mass is 35.5. The van der Waals surface area contributed by atoms with Crippen molar-refractivity contribution < 1.29 is 9.90 Å². The average Bonchev–Trinajstić information content (AvgIpc) is 2.40. The molecule has 0 aromatic heterocycles. The van der Waals surface area contributed by atoms with Gasteiger partial charge in [0.2, 0.25) is 5.91 Å². The van der Waals surface area contributed by atoms with E-state index in [9.17, 15) is 4.79 Å². The topological polar surface area (TPSA) is 52.6 Å². The van der Waals surface area contributed by atoms with E-state index in [0.29, 0.717) is 22.3 Å². The Morgan fingerprint density at radius 1 is 1.30 bits per heavy atom. The number of anilines is 1. The zero-order chi connectivity index (χ0) is 15.0. The van der Waals surface area contributed by atoms with Crippen LogP contribution in [0, 0.1) is 0 Å².